The van der Waals surface area contributed by atoms with Crippen LogP contribution in [0.4, 0.5) is 17.1 Å². The van der Waals surface area contributed by atoms with Gasteiger partial charge in [-0.3, -0.25) is 0 Å². The van der Waals surface area contributed by atoms with Gasteiger partial charge in [0.15, 0.2) is 0 Å². The second-order valence-corrected chi connectivity index (χ2v) is 14.1. The van der Waals surface area contributed by atoms with Crippen molar-refractivity contribution in [1.29, 1.82) is 0 Å². The van der Waals surface area contributed by atoms with Crippen LogP contribution in [0.5, 0.6) is 0 Å². The normalized spacial score (nSPS) is 11.6. The van der Waals surface area contributed by atoms with E-state index < -0.39 is 0 Å². The zero-order chi connectivity index (χ0) is 36.3. The Bertz CT molecular complexity index is 3180. The Hall–Kier alpha value is -7.36. The predicted octanol–water partition coefficient (Wildman–Crippen LogP) is 14.6. The lowest BCUT2D eigenvalue weighted by Gasteiger charge is -2.28. The van der Waals surface area contributed by atoms with E-state index in [0.717, 1.165) is 61.1 Å². The molecule has 2 aromatic heterocycles. The number of hydrogen-bond acceptors (Lipinski definition) is 2. The highest BCUT2D eigenvalue weighted by Crippen LogP contribution is 2.51. The van der Waals surface area contributed by atoms with Crippen molar-refractivity contribution in [3.8, 4) is 27.9 Å². The van der Waals surface area contributed by atoms with Gasteiger partial charge in [0.05, 0.1) is 22.1 Å². The zero-order valence-corrected chi connectivity index (χ0v) is 29.9. The largest absolute Gasteiger partial charge is 0.456 e. The summed E-state index contributed by atoms with van der Waals surface area (Å²) in [6.45, 7) is 0. The molecule has 0 aliphatic carbocycles. The number of para-hydroxylation sites is 2. The third-order valence-corrected chi connectivity index (χ3v) is 10.9. The number of hydrogen-bond donors (Lipinski definition) is 0. The number of furan rings is 1. The fourth-order valence-electron chi connectivity index (χ4n) is 8.40. The Labute approximate surface area is 318 Å². The first-order valence-electron chi connectivity index (χ1n) is 18.8. The molecule has 9 aromatic carbocycles. The highest BCUT2D eigenvalue weighted by Gasteiger charge is 2.27. The Kier molecular flexibility index (Phi) is 7.17. The van der Waals surface area contributed by atoms with E-state index in [4.69, 9.17) is 4.42 Å². The average molecular weight is 703 g/mol. The molecule has 0 atom stereocenters. The lowest BCUT2D eigenvalue weighted by molar-refractivity contribution is 0.669. The van der Waals surface area contributed by atoms with Gasteiger partial charge < -0.3 is 13.9 Å². The molecule has 0 unspecified atom stereocenters. The molecule has 0 fully saturated rings. The summed E-state index contributed by atoms with van der Waals surface area (Å²) in [5.74, 6) is 0. The van der Waals surface area contributed by atoms with Crippen molar-refractivity contribution in [3.05, 3.63) is 206 Å². The summed E-state index contributed by atoms with van der Waals surface area (Å²) in [5, 5.41) is 6.90. The van der Waals surface area contributed by atoms with Crippen LogP contribution in [0, 0.1) is 0 Å². The van der Waals surface area contributed by atoms with Gasteiger partial charge in [-0.1, -0.05) is 152 Å². The third-order valence-electron chi connectivity index (χ3n) is 10.9. The van der Waals surface area contributed by atoms with E-state index in [0.29, 0.717) is 0 Å². The molecule has 0 amide bonds. The molecule has 55 heavy (non-hydrogen) atoms. The van der Waals surface area contributed by atoms with Gasteiger partial charge in [0.2, 0.25) is 0 Å². The maximum absolute atomic E-state index is 6.81. The Morgan fingerprint density at radius 1 is 0.364 bits per heavy atom. The number of benzene rings is 9. The van der Waals surface area contributed by atoms with Crippen LogP contribution in [0.15, 0.2) is 211 Å². The molecule has 258 valence electrons. The molecule has 0 bridgehead atoms. The van der Waals surface area contributed by atoms with Gasteiger partial charge >= 0.3 is 0 Å². The van der Waals surface area contributed by atoms with Crippen LogP contribution in [0.2, 0.25) is 0 Å². The zero-order valence-electron chi connectivity index (χ0n) is 29.9. The monoisotopic (exact) mass is 702 g/mol. The van der Waals surface area contributed by atoms with E-state index in [1.165, 1.54) is 38.4 Å². The summed E-state index contributed by atoms with van der Waals surface area (Å²) in [7, 11) is 0. The van der Waals surface area contributed by atoms with Gasteiger partial charge in [0.25, 0.3) is 0 Å². The SMILES string of the molecule is c1ccc(-c2ccc(N(c3ccc4ccccc4c3)c3c4c(cc5c3c3ccc(-c6ccccc6)cc3n5-c3ccccc3)oc3ccccc34)cc2)cc1. The van der Waals surface area contributed by atoms with E-state index in [-0.39, 0.29) is 0 Å². The Morgan fingerprint density at radius 3 is 1.73 bits per heavy atom. The standard InChI is InChI=1S/C52H34N2O/c1-4-14-35(15-5-1)38-24-28-42(29-25-38)53(43-30-26-37-18-10-11-19-39(37)32-43)52-50-44-31-27-40(36-16-6-2-7-17-36)33-46(44)54(41-20-8-3-9-21-41)47(50)34-49-51(52)45-22-12-13-23-48(45)55-49/h1-34H. The highest BCUT2D eigenvalue weighted by molar-refractivity contribution is 6.28. The molecule has 3 nitrogen and oxygen atoms in total. The minimum atomic E-state index is 0.846. The molecule has 0 N–H and O–H groups in total. The molecule has 3 heteroatoms. The third kappa shape index (κ3) is 5.13. The second kappa shape index (κ2) is 12.6. The van der Waals surface area contributed by atoms with Crippen molar-refractivity contribution in [1.82, 2.24) is 4.57 Å². The van der Waals surface area contributed by atoms with E-state index >= 15 is 0 Å². The van der Waals surface area contributed by atoms with E-state index in [1.807, 2.05) is 0 Å². The van der Waals surface area contributed by atoms with E-state index in [2.05, 4.69) is 216 Å². The van der Waals surface area contributed by atoms with Crippen molar-refractivity contribution in [2.45, 2.75) is 0 Å². The van der Waals surface area contributed by atoms with Crippen LogP contribution in [0.1, 0.15) is 0 Å². The summed E-state index contributed by atoms with van der Waals surface area (Å²) in [6, 6.07) is 73.9. The van der Waals surface area contributed by atoms with Crippen molar-refractivity contribution in [2.24, 2.45) is 0 Å². The fraction of sp³-hybridized carbons (Fsp3) is 0. The van der Waals surface area contributed by atoms with Crippen LogP contribution >= 0.6 is 0 Å². The maximum Gasteiger partial charge on any atom is 0.139 e. The van der Waals surface area contributed by atoms with Gasteiger partial charge in [-0.25, -0.2) is 0 Å². The quantitative estimate of drug-likeness (QED) is 0.172. The first-order chi connectivity index (χ1) is 27.3. The molecule has 11 aromatic rings. The lowest BCUT2D eigenvalue weighted by Crippen LogP contribution is -2.11. The van der Waals surface area contributed by atoms with Crippen molar-refractivity contribution >= 4 is 71.6 Å². The second-order valence-electron chi connectivity index (χ2n) is 14.1. The molecule has 0 radical (unpaired) electrons. The smallest absolute Gasteiger partial charge is 0.139 e. The van der Waals surface area contributed by atoms with E-state index in [9.17, 15) is 0 Å². The number of aromatic nitrogens is 1. The average Bonchev–Trinajstić information content (AvgIpc) is 3.79. The Balaban J connectivity index is 1.30. The number of rotatable bonds is 6. The van der Waals surface area contributed by atoms with E-state index in [1.54, 1.807) is 0 Å². The van der Waals surface area contributed by atoms with Gasteiger partial charge in [-0.2, -0.15) is 0 Å². The predicted molar refractivity (Wildman–Crippen MR) is 231 cm³/mol. The van der Waals surface area contributed by atoms with Gasteiger partial charge in [-0.05, 0) is 81.6 Å². The Morgan fingerprint density at radius 2 is 0.964 bits per heavy atom. The highest BCUT2D eigenvalue weighted by atomic mass is 16.3. The summed E-state index contributed by atoms with van der Waals surface area (Å²) in [6.07, 6.45) is 0. The molecular weight excluding hydrogens is 669 g/mol. The van der Waals surface area contributed by atoms with Gasteiger partial charge in [-0.15, -0.1) is 0 Å². The molecule has 11 rings (SSSR count). The topological polar surface area (TPSA) is 21.3 Å². The van der Waals surface area contributed by atoms with Gasteiger partial charge in [0.1, 0.15) is 11.2 Å². The first kappa shape index (κ1) is 31.2. The van der Waals surface area contributed by atoms with Crippen LogP contribution < -0.4 is 4.90 Å². The van der Waals surface area contributed by atoms with Crippen molar-refractivity contribution < 1.29 is 4.42 Å². The summed E-state index contributed by atoms with van der Waals surface area (Å²) < 4.78 is 9.22. The molecule has 0 saturated carbocycles. The van der Waals surface area contributed by atoms with Crippen molar-refractivity contribution in [2.75, 3.05) is 4.90 Å². The van der Waals surface area contributed by atoms with Gasteiger partial charge in [0, 0.05) is 39.3 Å². The van der Waals surface area contributed by atoms with Crippen LogP contribution in [-0.4, -0.2) is 4.57 Å². The number of nitrogens with zero attached hydrogens (tertiary/aromatic N) is 2. The van der Waals surface area contributed by atoms with Crippen molar-refractivity contribution in [3.63, 3.8) is 0 Å². The summed E-state index contributed by atoms with van der Waals surface area (Å²) in [4.78, 5) is 2.45. The summed E-state index contributed by atoms with van der Waals surface area (Å²) >= 11 is 0. The molecule has 0 saturated heterocycles. The lowest BCUT2D eigenvalue weighted by atomic mass is 9.99. The minimum absolute atomic E-state index is 0.846. The molecule has 0 aliphatic heterocycles. The molecule has 2 heterocycles. The van der Waals surface area contributed by atoms with Crippen LogP contribution in [-0.2, 0) is 0 Å². The molecule has 0 spiro atoms. The molecule has 0 aliphatic rings. The maximum atomic E-state index is 6.81. The number of anilines is 3. The fourth-order valence-corrected chi connectivity index (χ4v) is 8.40. The van der Waals surface area contributed by atoms with Crippen LogP contribution in [0.25, 0.3) is 82.5 Å². The minimum Gasteiger partial charge on any atom is -0.456 e. The van der Waals surface area contributed by atoms with Crippen LogP contribution in [0.3, 0.4) is 0 Å². The summed E-state index contributed by atoms with van der Waals surface area (Å²) in [5.41, 5.74) is 13.0. The molecular formula is C52H34N2O. The number of fused-ring (bicyclic) bond motifs is 7. The first-order valence-corrected chi connectivity index (χ1v) is 18.8.